The second-order valence-electron chi connectivity index (χ2n) is 6.02. The fourth-order valence-corrected chi connectivity index (χ4v) is 2.18. The summed E-state index contributed by atoms with van der Waals surface area (Å²) < 4.78 is 0. The highest BCUT2D eigenvalue weighted by Crippen LogP contribution is 2.03. The molecule has 2 rings (SSSR count). The van der Waals surface area contributed by atoms with Gasteiger partial charge in [0.25, 0.3) is 0 Å². The third-order valence-electron chi connectivity index (χ3n) is 3.57. The van der Waals surface area contributed by atoms with E-state index in [0.717, 1.165) is 25.6 Å². The number of carbonyl (C=O) groups is 2. The number of hydrogen-bond acceptors (Lipinski definition) is 4. The largest absolute Gasteiger partial charge is 0.345 e. The minimum Gasteiger partial charge on any atom is -0.345 e. The second kappa shape index (κ2) is 9.73. The van der Waals surface area contributed by atoms with E-state index in [-0.39, 0.29) is 37.7 Å². The van der Waals surface area contributed by atoms with Crippen LogP contribution in [0.2, 0.25) is 0 Å². The van der Waals surface area contributed by atoms with E-state index in [2.05, 4.69) is 35.1 Å². The average Bonchev–Trinajstić information content (AvgIpc) is 2.43. The minimum atomic E-state index is -0.351. The Morgan fingerprint density at radius 3 is 2.10 bits per heavy atom. The summed E-state index contributed by atoms with van der Waals surface area (Å²) in [6.45, 7) is 11.8. The van der Waals surface area contributed by atoms with Gasteiger partial charge in [-0.2, -0.15) is 0 Å². The molecule has 0 aromatic rings. The predicted octanol–water partition coefficient (Wildman–Crippen LogP) is 0.0969. The number of hydrogen-bond donors (Lipinski definition) is 4. The summed E-state index contributed by atoms with van der Waals surface area (Å²) in [5.74, 6) is 0.722. The molecule has 124 valence electrons. The normalized spacial score (nSPS) is 25.4. The van der Waals surface area contributed by atoms with Crippen LogP contribution in [-0.2, 0) is 9.59 Å². The number of carbonyl (C=O) groups excluding carboxylic acids is 2. The summed E-state index contributed by atoms with van der Waals surface area (Å²) in [5.41, 5.74) is 0. The molecule has 2 atom stereocenters. The van der Waals surface area contributed by atoms with Crippen molar-refractivity contribution in [2.75, 3.05) is 26.2 Å². The van der Waals surface area contributed by atoms with Gasteiger partial charge < -0.3 is 21.3 Å². The topological polar surface area (TPSA) is 82.3 Å². The molecule has 4 N–H and O–H groups in total. The summed E-state index contributed by atoms with van der Waals surface area (Å²) in [6.07, 6.45) is 0. The lowest BCUT2D eigenvalue weighted by Crippen LogP contribution is -2.58. The summed E-state index contributed by atoms with van der Waals surface area (Å²) in [4.78, 5) is 21.9. The molecule has 0 unspecified atom stereocenters. The summed E-state index contributed by atoms with van der Waals surface area (Å²) in [6, 6.07) is 0.343. The molecular formula is C15H32N4O2. The highest BCUT2D eigenvalue weighted by Gasteiger charge is 2.27. The molecule has 2 fully saturated rings. The lowest BCUT2D eigenvalue weighted by Gasteiger charge is -2.27. The molecule has 2 aliphatic heterocycles. The van der Waals surface area contributed by atoms with Gasteiger partial charge in [0.15, 0.2) is 0 Å². The van der Waals surface area contributed by atoms with Gasteiger partial charge in [-0.15, -0.1) is 0 Å². The van der Waals surface area contributed by atoms with E-state index in [1.165, 1.54) is 0 Å². The zero-order valence-electron chi connectivity index (χ0n) is 13.0. The Morgan fingerprint density at radius 1 is 1.05 bits per heavy atom. The van der Waals surface area contributed by atoms with E-state index < -0.39 is 0 Å². The van der Waals surface area contributed by atoms with Crippen LogP contribution in [0.3, 0.4) is 0 Å². The van der Waals surface area contributed by atoms with Gasteiger partial charge in [0.05, 0.1) is 6.54 Å². The Balaban J connectivity index is 0.000000370. The van der Waals surface area contributed by atoms with Gasteiger partial charge in [0, 0.05) is 25.7 Å². The van der Waals surface area contributed by atoms with E-state index in [0.29, 0.717) is 6.04 Å². The smallest absolute Gasteiger partial charge is 0.243 e. The first-order valence-electron chi connectivity index (χ1n) is 7.43. The van der Waals surface area contributed by atoms with Crippen molar-refractivity contribution in [3.05, 3.63) is 0 Å². The van der Waals surface area contributed by atoms with Crippen molar-refractivity contribution in [1.29, 1.82) is 0 Å². The molecule has 0 saturated carbocycles. The van der Waals surface area contributed by atoms with Crippen molar-refractivity contribution < 1.29 is 9.59 Å². The molecule has 2 saturated heterocycles. The predicted molar refractivity (Wildman–Crippen MR) is 86.0 cm³/mol. The van der Waals surface area contributed by atoms with Gasteiger partial charge >= 0.3 is 0 Å². The van der Waals surface area contributed by atoms with Gasteiger partial charge in [0.2, 0.25) is 11.8 Å². The highest BCUT2D eigenvalue weighted by atomic mass is 16.2. The average molecular weight is 300 g/mol. The van der Waals surface area contributed by atoms with E-state index in [4.69, 9.17) is 0 Å². The zero-order valence-corrected chi connectivity index (χ0v) is 13.0. The third-order valence-corrected chi connectivity index (χ3v) is 3.57. The molecule has 6 nitrogen and oxygen atoms in total. The summed E-state index contributed by atoms with van der Waals surface area (Å²) >= 11 is 0. The first-order chi connectivity index (χ1) is 9.41. The Bertz CT molecular complexity index is 326. The van der Waals surface area contributed by atoms with Crippen LogP contribution < -0.4 is 21.3 Å². The van der Waals surface area contributed by atoms with Crippen LogP contribution in [0.15, 0.2) is 0 Å². The van der Waals surface area contributed by atoms with E-state index in [1.807, 2.05) is 13.8 Å². The molecular weight excluding hydrogens is 268 g/mol. The molecule has 0 spiro atoms. The van der Waals surface area contributed by atoms with Crippen molar-refractivity contribution in [2.45, 2.75) is 47.2 Å². The number of amides is 2. The van der Waals surface area contributed by atoms with Gasteiger partial charge in [-0.25, -0.2) is 0 Å². The van der Waals surface area contributed by atoms with E-state index in [9.17, 15) is 9.59 Å². The van der Waals surface area contributed by atoms with Crippen LogP contribution in [0.1, 0.15) is 35.1 Å². The van der Waals surface area contributed by atoms with Crippen LogP contribution in [0, 0.1) is 11.8 Å². The third kappa shape index (κ3) is 6.91. The van der Waals surface area contributed by atoms with Crippen molar-refractivity contribution in [3.63, 3.8) is 0 Å². The summed E-state index contributed by atoms with van der Waals surface area (Å²) in [5, 5.41) is 11.9. The van der Waals surface area contributed by atoms with Gasteiger partial charge in [-0.05, 0) is 11.8 Å². The van der Waals surface area contributed by atoms with Crippen molar-refractivity contribution in [1.82, 2.24) is 21.3 Å². The minimum absolute atomic E-state index is 0. The number of rotatable bonds is 2. The first-order valence-corrected chi connectivity index (χ1v) is 7.43. The fraction of sp³-hybridized carbons (Fsp3) is 0.867. The van der Waals surface area contributed by atoms with Gasteiger partial charge in [-0.1, -0.05) is 35.1 Å². The maximum Gasteiger partial charge on any atom is 0.243 e. The second-order valence-corrected chi connectivity index (χ2v) is 6.02. The Kier molecular flexibility index (Phi) is 9.21. The standard InChI is InChI=1S/C7H12N2O2.C7H16N2.CH4/c1-4(2)6-7(11)8-3-5(10)9-6;1-6(2)7-5-8-3-4-9-7;/h4,6H,3H2,1-2H3,(H,8,11)(H,9,10);6-9H,3-5H2,1-2H3;1H4/t6-;7-;/m01./s1. The van der Waals surface area contributed by atoms with Crippen molar-refractivity contribution >= 4 is 11.8 Å². The number of piperazine rings is 2. The monoisotopic (exact) mass is 300 g/mol. The van der Waals surface area contributed by atoms with Crippen LogP contribution >= 0.6 is 0 Å². The lowest BCUT2D eigenvalue weighted by molar-refractivity contribution is -0.134. The maximum atomic E-state index is 11.1. The molecule has 2 amide bonds. The van der Waals surface area contributed by atoms with Gasteiger partial charge in [-0.3, -0.25) is 9.59 Å². The number of nitrogens with one attached hydrogen (secondary N) is 4. The molecule has 21 heavy (non-hydrogen) atoms. The van der Waals surface area contributed by atoms with E-state index >= 15 is 0 Å². The summed E-state index contributed by atoms with van der Waals surface area (Å²) in [7, 11) is 0. The Labute approximate surface area is 128 Å². The molecule has 0 aromatic carbocycles. The Hall–Kier alpha value is -1.14. The van der Waals surface area contributed by atoms with Crippen LogP contribution in [-0.4, -0.2) is 50.1 Å². The molecule has 6 heteroatoms. The van der Waals surface area contributed by atoms with Crippen molar-refractivity contribution in [3.8, 4) is 0 Å². The Morgan fingerprint density at radius 2 is 1.71 bits per heavy atom. The lowest BCUT2D eigenvalue weighted by atomic mass is 10.0. The molecule has 0 bridgehead atoms. The molecule has 2 heterocycles. The zero-order chi connectivity index (χ0) is 15.1. The highest BCUT2D eigenvalue weighted by molar-refractivity contribution is 5.94. The van der Waals surface area contributed by atoms with Gasteiger partial charge in [0.1, 0.15) is 6.04 Å². The van der Waals surface area contributed by atoms with Crippen molar-refractivity contribution in [2.24, 2.45) is 11.8 Å². The van der Waals surface area contributed by atoms with E-state index in [1.54, 1.807) is 0 Å². The van der Waals surface area contributed by atoms with Crippen LogP contribution in [0.5, 0.6) is 0 Å². The molecule has 0 aliphatic carbocycles. The first kappa shape index (κ1) is 19.9. The quantitative estimate of drug-likeness (QED) is 0.583. The molecule has 0 radical (unpaired) electrons. The SMILES string of the molecule is C.CC(C)[C@@H]1NC(=O)CNC1=O.CC(C)[C@H]1CNCCN1. The molecule has 2 aliphatic rings. The molecule has 0 aromatic heterocycles. The maximum absolute atomic E-state index is 11.1. The van der Waals surface area contributed by atoms with Crippen LogP contribution in [0.25, 0.3) is 0 Å². The fourth-order valence-electron chi connectivity index (χ4n) is 2.18. The van der Waals surface area contributed by atoms with Crippen LogP contribution in [0.4, 0.5) is 0 Å².